The summed E-state index contributed by atoms with van der Waals surface area (Å²) in [6, 6.07) is 0. The minimum Gasteiger partial charge on any atom is -0.481 e. The average molecular weight is 327 g/mol. The second-order valence-electron chi connectivity index (χ2n) is 5.72. The summed E-state index contributed by atoms with van der Waals surface area (Å²) >= 11 is 0. The molecule has 0 fully saturated rings. The molecular weight excluding hydrogens is 302 g/mol. The predicted molar refractivity (Wildman–Crippen MR) is 97.3 cm³/mol. The van der Waals surface area contributed by atoms with E-state index in [9.17, 15) is 9.59 Å². The first-order chi connectivity index (χ1) is 11.3. The van der Waals surface area contributed by atoms with Crippen LogP contribution in [0.5, 0.6) is 0 Å². The van der Waals surface area contributed by atoms with Crippen LogP contribution in [0.15, 0.2) is 71.5 Å². The van der Waals surface area contributed by atoms with Gasteiger partial charge in [0.2, 0.25) is 0 Å². The first-order valence-electron chi connectivity index (χ1n) is 7.85. The molecule has 0 spiro atoms. The number of aliphatic carboxylic acids is 1. The van der Waals surface area contributed by atoms with Gasteiger partial charge in [-0.05, 0) is 44.4 Å². The Balaban J connectivity index is 0.000000891. The SMILES string of the molecule is C=C1CN(C(=O)C2=CCC=CC(C)=C2)C(C)=C1CC(=O)O.C=CC. The highest BCUT2D eigenvalue weighted by atomic mass is 16.4. The van der Waals surface area contributed by atoms with Crippen LogP contribution in [0, 0.1) is 0 Å². The first kappa shape index (κ1) is 19.4. The predicted octanol–water partition coefficient (Wildman–Crippen LogP) is 4.16. The van der Waals surface area contributed by atoms with Crippen LogP contribution in [0.1, 0.15) is 33.6 Å². The van der Waals surface area contributed by atoms with E-state index in [4.69, 9.17) is 5.11 Å². The van der Waals surface area contributed by atoms with Crippen LogP contribution in [-0.2, 0) is 9.59 Å². The molecule has 2 rings (SSSR count). The average Bonchev–Trinajstić information content (AvgIpc) is 2.68. The van der Waals surface area contributed by atoms with Gasteiger partial charge in [0.1, 0.15) is 0 Å². The van der Waals surface area contributed by atoms with Gasteiger partial charge in [-0.25, -0.2) is 0 Å². The zero-order valence-electron chi connectivity index (χ0n) is 14.6. The summed E-state index contributed by atoms with van der Waals surface area (Å²) in [5.41, 5.74) is 3.72. The van der Waals surface area contributed by atoms with Crippen molar-refractivity contribution in [2.24, 2.45) is 0 Å². The summed E-state index contributed by atoms with van der Waals surface area (Å²) in [4.78, 5) is 25.2. The van der Waals surface area contributed by atoms with Crippen molar-refractivity contribution in [3.8, 4) is 0 Å². The van der Waals surface area contributed by atoms with Crippen molar-refractivity contribution in [3.63, 3.8) is 0 Å². The van der Waals surface area contributed by atoms with E-state index in [-0.39, 0.29) is 12.3 Å². The zero-order valence-corrected chi connectivity index (χ0v) is 14.6. The Morgan fingerprint density at radius 3 is 2.58 bits per heavy atom. The molecule has 0 atom stereocenters. The van der Waals surface area contributed by atoms with Crippen LogP contribution in [0.25, 0.3) is 0 Å². The molecule has 2 aliphatic rings. The fourth-order valence-electron chi connectivity index (χ4n) is 2.56. The van der Waals surface area contributed by atoms with Crippen molar-refractivity contribution < 1.29 is 14.7 Å². The van der Waals surface area contributed by atoms with E-state index in [1.54, 1.807) is 17.9 Å². The van der Waals surface area contributed by atoms with Crippen LogP contribution in [0.3, 0.4) is 0 Å². The molecule has 1 amide bonds. The van der Waals surface area contributed by atoms with Crippen LogP contribution >= 0.6 is 0 Å². The molecule has 0 saturated heterocycles. The molecule has 4 nitrogen and oxygen atoms in total. The van der Waals surface area contributed by atoms with Gasteiger partial charge in [-0.1, -0.05) is 36.5 Å². The van der Waals surface area contributed by atoms with Crippen LogP contribution in [-0.4, -0.2) is 28.4 Å². The number of carboxylic acids is 1. The van der Waals surface area contributed by atoms with Crippen molar-refractivity contribution in [3.05, 3.63) is 71.5 Å². The molecule has 1 N–H and O–H groups in total. The lowest BCUT2D eigenvalue weighted by molar-refractivity contribution is -0.136. The second kappa shape index (κ2) is 8.87. The molecule has 4 heteroatoms. The van der Waals surface area contributed by atoms with Crippen molar-refractivity contribution in [2.45, 2.75) is 33.6 Å². The van der Waals surface area contributed by atoms with Crippen LogP contribution in [0.4, 0.5) is 0 Å². The summed E-state index contributed by atoms with van der Waals surface area (Å²) < 4.78 is 0. The number of allylic oxidation sites excluding steroid dienone is 6. The number of hydrogen-bond donors (Lipinski definition) is 1. The largest absolute Gasteiger partial charge is 0.481 e. The molecule has 0 radical (unpaired) electrons. The zero-order chi connectivity index (χ0) is 18.3. The summed E-state index contributed by atoms with van der Waals surface area (Å²) in [5, 5.41) is 8.95. The Morgan fingerprint density at radius 2 is 2.00 bits per heavy atom. The van der Waals surface area contributed by atoms with Crippen LogP contribution in [0.2, 0.25) is 0 Å². The normalized spacial score (nSPS) is 16.8. The van der Waals surface area contributed by atoms with Gasteiger partial charge < -0.3 is 10.0 Å². The van der Waals surface area contributed by atoms with E-state index in [2.05, 4.69) is 13.2 Å². The van der Waals surface area contributed by atoms with Crippen molar-refractivity contribution >= 4 is 11.9 Å². The Bertz CT molecular complexity index is 675. The third-order valence-corrected chi connectivity index (χ3v) is 3.68. The number of carbonyl (C=O) groups is 2. The van der Waals surface area contributed by atoms with Crippen molar-refractivity contribution in [2.75, 3.05) is 6.54 Å². The molecule has 1 aliphatic carbocycles. The maximum atomic E-state index is 12.6. The molecule has 0 bridgehead atoms. The lowest BCUT2D eigenvalue weighted by Gasteiger charge is -2.18. The van der Waals surface area contributed by atoms with E-state index in [0.29, 0.717) is 35.4 Å². The van der Waals surface area contributed by atoms with E-state index < -0.39 is 5.97 Å². The lowest BCUT2D eigenvalue weighted by Crippen LogP contribution is -2.28. The number of amides is 1. The summed E-state index contributed by atoms with van der Waals surface area (Å²) in [6.45, 7) is 13.2. The molecule has 0 aromatic heterocycles. The minimum atomic E-state index is -0.909. The number of carbonyl (C=O) groups excluding carboxylic acids is 1. The highest BCUT2D eigenvalue weighted by Gasteiger charge is 2.29. The van der Waals surface area contributed by atoms with Crippen molar-refractivity contribution in [1.82, 2.24) is 4.90 Å². The van der Waals surface area contributed by atoms with E-state index >= 15 is 0 Å². The molecule has 24 heavy (non-hydrogen) atoms. The smallest absolute Gasteiger partial charge is 0.307 e. The highest BCUT2D eigenvalue weighted by molar-refractivity contribution is 5.98. The van der Waals surface area contributed by atoms with Crippen LogP contribution < -0.4 is 0 Å². The van der Waals surface area contributed by atoms with E-state index in [1.165, 1.54) is 0 Å². The Labute approximate surface area is 143 Å². The van der Waals surface area contributed by atoms with Gasteiger partial charge in [-0.2, -0.15) is 0 Å². The molecular formula is C20H25NO3. The fraction of sp³-hybridized carbons (Fsp3) is 0.300. The van der Waals surface area contributed by atoms with Gasteiger partial charge in [0, 0.05) is 11.3 Å². The number of hydrogen-bond acceptors (Lipinski definition) is 2. The van der Waals surface area contributed by atoms with Gasteiger partial charge in [0.15, 0.2) is 0 Å². The number of carboxylic acid groups (broad SMARTS) is 1. The second-order valence-corrected chi connectivity index (χ2v) is 5.72. The molecule has 0 saturated carbocycles. The number of nitrogens with zero attached hydrogens (tertiary/aromatic N) is 1. The van der Waals surface area contributed by atoms with E-state index in [1.807, 2.05) is 38.2 Å². The van der Waals surface area contributed by atoms with Gasteiger partial charge in [-0.3, -0.25) is 9.59 Å². The molecule has 1 heterocycles. The third-order valence-electron chi connectivity index (χ3n) is 3.68. The fourth-order valence-corrected chi connectivity index (χ4v) is 2.56. The van der Waals surface area contributed by atoms with Crippen molar-refractivity contribution in [1.29, 1.82) is 0 Å². The quantitative estimate of drug-likeness (QED) is 0.792. The topological polar surface area (TPSA) is 57.6 Å². The summed E-state index contributed by atoms with van der Waals surface area (Å²) in [5.74, 6) is -1.01. The third kappa shape index (κ3) is 4.95. The standard InChI is InChI=1S/C17H19NO3.C3H6/c1-11-6-4-5-7-14(8-11)17(21)18-10-12(2)15(13(18)3)9-16(19)20;1-3-2/h4,6-8H,2,5,9-10H2,1,3H3,(H,19,20);3H,1H2,2H3. The van der Waals surface area contributed by atoms with Gasteiger partial charge in [-0.15, -0.1) is 6.58 Å². The van der Waals surface area contributed by atoms with E-state index in [0.717, 1.165) is 5.57 Å². The minimum absolute atomic E-state index is 0.0933. The Morgan fingerprint density at radius 1 is 1.38 bits per heavy atom. The molecule has 0 aromatic rings. The van der Waals surface area contributed by atoms with Gasteiger partial charge in [0.05, 0.1) is 13.0 Å². The molecule has 1 aliphatic heterocycles. The monoisotopic (exact) mass is 327 g/mol. The molecule has 0 aromatic carbocycles. The first-order valence-corrected chi connectivity index (χ1v) is 7.85. The van der Waals surface area contributed by atoms with Gasteiger partial charge >= 0.3 is 5.97 Å². The maximum absolute atomic E-state index is 12.6. The highest BCUT2D eigenvalue weighted by Crippen LogP contribution is 2.30. The summed E-state index contributed by atoms with van der Waals surface area (Å²) in [6.07, 6.45) is 10.1. The molecule has 0 unspecified atom stereocenters. The van der Waals surface area contributed by atoms with Gasteiger partial charge in [0.25, 0.3) is 5.91 Å². The summed E-state index contributed by atoms with van der Waals surface area (Å²) in [7, 11) is 0. The Hall–Kier alpha value is -2.62. The lowest BCUT2D eigenvalue weighted by atomic mass is 10.1. The molecule has 128 valence electrons. The maximum Gasteiger partial charge on any atom is 0.307 e. The number of rotatable bonds is 3. The Kier molecular flexibility index (Phi) is 7.18.